The van der Waals surface area contributed by atoms with Gasteiger partial charge < -0.3 is 11.1 Å². The molecule has 0 aliphatic carbocycles. The molecule has 7 heteroatoms. The predicted octanol–water partition coefficient (Wildman–Crippen LogP) is 0.238. The molecule has 0 aliphatic rings. The molecule has 1 amide bonds. The number of nitrogens with zero attached hydrogens (tertiary/aromatic N) is 3. The minimum absolute atomic E-state index is 0.115. The summed E-state index contributed by atoms with van der Waals surface area (Å²) in [6.07, 6.45) is 3.12. The van der Waals surface area contributed by atoms with E-state index in [0.29, 0.717) is 12.2 Å². The molecule has 6 nitrogen and oxygen atoms in total. The molecule has 2 aromatic heterocycles. The number of nitrogen functional groups attached to an aromatic ring is 1. The van der Waals surface area contributed by atoms with Crippen LogP contribution in [-0.4, -0.2) is 20.7 Å². The van der Waals surface area contributed by atoms with Crippen molar-refractivity contribution in [2.24, 2.45) is 0 Å². The fraction of sp³-hybridized carbons (Fsp3) is 0.222. The molecule has 2 heterocycles. The molecule has 0 radical (unpaired) electrons. The van der Waals surface area contributed by atoms with E-state index in [4.69, 9.17) is 5.73 Å². The van der Waals surface area contributed by atoms with Crippen molar-refractivity contribution >= 4 is 22.9 Å². The largest absolute Gasteiger partial charge is 0.396 e. The average Bonchev–Trinajstić information content (AvgIpc) is 2.87. The van der Waals surface area contributed by atoms with Crippen molar-refractivity contribution in [2.75, 3.05) is 5.73 Å². The highest BCUT2D eigenvalue weighted by molar-refractivity contribution is 7.07. The van der Waals surface area contributed by atoms with Crippen LogP contribution in [0.1, 0.15) is 5.69 Å². The van der Waals surface area contributed by atoms with Gasteiger partial charge in [0.25, 0.3) is 0 Å². The number of hydrogen-bond acceptors (Lipinski definition) is 5. The van der Waals surface area contributed by atoms with E-state index in [9.17, 15) is 4.79 Å². The molecule has 2 rings (SSSR count). The summed E-state index contributed by atoms with van der Waals surface area (Å²) in [6, 6.07) is 0. The van der Waals surface area contributed by atoms with Gasteiger partial charge in [0.1, 0.15) is 6.54 Å². The minimum atomic E-state index is -0.115. The Kier molecular flexibility index (Phi) is 3.16. The molecule has 0 unspecified atom stereocenters. The first kappa shape index (κ1) is 10.6. The first-order valence-electron chi connectivity index (χ1n) is 4.66. The van der Waals surface area contributed by atoms with Gasteiger partial charge in [-0.15, -0.1) is 11.3 Å². The lowest BCUT2D eigenvalue weighted by Crippen LogP contribution is -2.27. The third-order valence-electron chi connectivity index (χ3n) is 1.91. The average molecular weight is 237 g/mol. The number of amides is 1. The maximum Gasteiger partial charge on any atom is 0.242 e. The van der Waals surface area contributed by atoms with Crippen molar-refractivity contribution in [3.05, 3.63) is 29.0 Å². The first-order chi connectivity index (χ1) is 7.74. The molecule has 0 saturated heterocycles. The molecule has 3 N–H and O–H groups in total. The van der Waals surface area contributed by atoms with Crippen molar-refractivity contribution in [1.29, 1.82) is 0 Å². The fourth-order valence-corrected chi connectivity index (χ4v) is 1.74. The topological polar surface area (TPSA) is 85.8 Å². The molecule has 0 saturated carbocycles. The predicted molar refractivity (Wildman–Crippen MR) is 60.6 cm³/mol. The second kappa shape index (κ2) is 4.75. The molecule has 0 aliphatic heterocycles. The van der Waals surface area contributed by atoms with E-state index in [1.807, 2.05) is 5.38 Å². The van der Waals surface area contributed by atoms with E-state index in [2.05, 4.69) is 15.4 Å². The SMILES string of the molecule is Nc1cnn(CC(=O)NCc2cscn2)c1. The Balaban J connectivity index is 1.81. The number of rotatable bonds is 4. The Labute approximate surface area is 96.1 Å². The van der Waals surface area contributed by atoms with Crippen LogP contribution in [0.3, 0.4) is 0 Å². The Morgan fingerprint density at radius 2 is 2.50 bits per heavy atom. The van der Waals surface area contributed by atoms with Gasteiger partial charge in [-0.1, -0.05) is 0 Å². The molecular formula is C9H11N5OS. The van der Waals surface area contributed by atoms with Crippen molar-refractivity contribution in [2.45, 2.75) is 13.1 Å². The number of aromatic nitrogens is 3. The second-order valence-electron chi connectivity index (χ2n) is 3.23. The van der Waals surface area contributed by atoms with E-state index >= 15 is 0 Å². The van der Waals surface area contributed by atoms with E-state index in [0.717, 1.165) is 5.69 Å². The summed E-state index contributed by atoms with van der Waals surface area (Å²) >= 11 is 1.50. The van der Waals surface area contributed by atoms with E-state index in [1.165, 1.54) is 22.2 Å². The number of carbonyl (C=O) groups is 1. The lowest BCUT2D eigenvalue weighted by Gasteiger charge is -2.02. The van der Waals surface area contributed by atoms with Gasteiger partial charge in [0, 0.05) is 11.6 Å². The monoisotopic (exact) mass is 237 g/mol. The highest BCUT2D eigenvalue weighted by atomic mass is 32.1. The van der Waals surface area contributed by atoms with E-state index in [1.54, 1.807) is 11.7 Å². The van der Waals surface area contributed by atoms with Crippen LogP contribution in [0.5, 0.6) is 0 Å². The van der Waals surface area contributed by atoms with Crippen molar-refractivity contribution in [3.63, 3.8) is 0 Å². The highest BCUT2D eigenvalue weighted by Crippen LogP contribution is 2.00. The molecule has 0 fully saturated rings. The van der Waals surface area contributed by atoms with Gasteiger partial charge in [-0.05, 0) is 0 Å². The van der Waals surface area contributed by atoms with Crippen LogP contribution in [0.4, 0.5) is 5.69 Å². The standard InChI is InChI=1S/C9H11N5OS/c10-7-1-13-14(3-7)4-9(15)11-2-8-5-16-6-12-8/h1,3,5-6H,2,4,10H2,(H,11,15). The van der Waals surface area contributed by atoms with Crippen LogP contribution in [-0.2, 0) is 17.9 Å². The molecule has 0 spiro atoms. The molecule has 0 atom stereocenters. The summed E-state index contributed by atoms with van der Waals surface area (Å²) in [5, 5.41) is 8.56. The van der Waals surface area contributed by atoms with Crippen LogP contribution in [0, 0.1) is 0 Å². The van der Waals surface area contributed by atoms with Gasteiger partial charge in [0.05, 0.1) is 29.6 Å². The van der Waals surface area contributed by atoms with Gasteiger partial charge in [-0.25, -0.2) is 4.98 Å². The first-order valence-corrected chi connectivity index (χ1v) is 5.60. The number of carbonyl (C=O) groups excluding carboxylic acids is 1. The fourth-order valence-electron chi connectivity index (χ4n) is 1.18. The third-order valence-corrected chi connectivity index (χ3v) is 2.54. The Hall–Kier alpha value is -1.89. The summed E-state index contributed by atoms with van der Waals surface area (Å²) in [6.45, 7) is 0.612. The van der Waals surface area contributed by atoms with Crippen molar-refractivity contribution < 1.29 is 4.79 Å². The van der Waals surface area contributed by atoms with Crippen LogP contribution in [0.25, 0.3) is 0 Å². The Bertz CT molecular complexity index is 464. The summed E-state index contributed by atoms with van der Waals surface area (Å²) < 4.78 is 1.49. The van der Waals surface area contributed by atoms with Gasteiger partial charge in [-0.3, -0.25) is 9.48 Å². The lowest BCUT2D eigenvalue weighted by molar-refractivity contribution is -0.122. The second-order valence-corrected chi connectivity index (χ2v) is 3.95. The van der Waals surface area contributed by atoms with Crippen molar-refractivity contribution in [3.8, 4) is 0 Å². The summed E-state index contributed by atoms with van der Waals surface area (Å²) in [5.74, 6) is -0.115. The van der Waals surface area contributed by atoms with Crippen LogP contribution >= 0.6 is 11.3 Å². The zero-order chi connectivity index (χ0) is 11.4. The third kappa shape index (κ3) is 2.80. The minimum Gasteiger partial charge on any atom is -0.396 e. The van der Waals surface area contributed by atoms with E-state index in [-0.39, 0.29) is 12.5 Å². The lowest BCUT2D eigenvalue weighted by atomic mass is 10.4. The molecule has 16 heavy (non-hydrogen) atoms. The number of thiazole rings is 1. The van der Waals surface area contributed by atoms with Crippen molar-refractivity contribution in [1.82, 2.24) is 20.1 Å². The van der Waals surface area contributed by atoms with Crippen LogP contribution < -0.4 is 11.1 Å². The van der Waals surface area contributed by atoms with Crippen LogP contribution in [0.2, 0.25) is 0 Å². The smallest absolute Gasteiger partial charge is 0.242 e. The van der Waals surface area contributed by atoms with E-state index < -0.39 is 0 Å². The Morgan fingerprint density at radius 1 is 1.62 bits per heavy atom. The molecule has 0 bridgehead atoms. The summed E-state index contributed by atoms with van der Waals surface area (Å²) in [5.41, 5.74) is 8.62. The van der Waals surface area contributed by atoms with Gasteiger partial charge in [0.2, 0.25) is 5.91 Å². The molecular weight excluding hydrogens is 226 g/mol. The highest BCUT2D eigenvalue weighted by Gasteiger charge is 2.04. The summed E-state index contributed by atoms with van der Waals surface area (Å²) in [7, 11) is 0. The van der Waals surface area contributed by atoms with Gasteiger partial charge in [0.15, 0.2) is 0 Å². The quantitative estimate of drug-likeness (QED) is 0.797. The zero-order valence-electron chi connectivity index (χ0n) is 8.46. The van der Waals surface area contributed by atoms with Gasteiger partial charge >= 0.3 is 0 Å². The van der Waals surface area contributed by atoms with Gasteiger partial charge in [-0.2, -0.15) is 5.10 Å². The van der Waals surface area contributed by atoms with Crippen LogP contribution in [0.15, 0.2) is 23.3 Å². The molecule has 2 aromatic rings. The number of hydrogen-bond donors (Lipinski definition) is 2. The maximum atomic E-state index is 11.5. The summed E-state index contributed by atoms with van der Waals surface area (Å²) in [4.78, 5) is 15.5. The molecule has 84 valence electrons. The number of nitrogens with two attached hydrogens (primary N) is 1. The molecule has 0 aromatic carbocycles. The number of nitrogens with one attached hydrogen (secondary N) is 1. The maximum absolute atomic E-state index is 11.5. The normalized spacial score (nSPS) is 10.2. The zero-order valence-corrected chi connectivity index (χ0v) is 9.28. The Morgan fingerprint density at radius 3 is 3.12 bits per heavy atom. The number of anilines is 1.